The summed E-state index contributed by atoms with van der Waals surface area (Å²) in [4.78, 5) is 12.3. The Balaban J connectivity index is 2.05. The van der Waals surface area contributed by atoms with Crippen molar-refractivity contribution in [3.63, 3.8) is 0 Å². The summed E-state index contributed by atoms with van der Waals surface area (Å²) in [5.74, 6) is -0.624. The smallest absolute Gasteiger partial charge is 0.377 e. The number of halogens is 3. The summed E-state index contributed by atoms with van der Waals surface area (Å²) in [6.45, 7) is 5.53. The molecule has 4 unspecified atom stereocenters. The third-order valence-corrected chi connectivity index (χ3v) is 4.74. The van der Waals surface area contributed by atoms with Gasteiger partial charge in [-0.05, 0) is 13.3 Å². The lowest BCUT2D eigenvalue weighted by molar-refractivity contribution is -0.177. The second kappa shape index (κ2) is 4.59. The number of carbonyl (C=O) groups is 1. The van der Waals surface area contributed by atoms with E-state index in [1.165, 1.54) is 6.92 Å². The first-order valence-electron chi connectivity index (χ1n) is 6.78. The molecule has 20 heavy (non-hydrogen) atoms. The van der Waals surface area contributed by atoms with Crippen molar-refractivity contribution in [3.8, 4) is 0 Å². The molecule has 4 atom stereocenters. The van der Waals surface area contributed by atoms with Crippen molar-refractivity contribution in [1.82, 2.24) is 5.32 Å². The predicted octanol–water partition coefficient (Wildman–Crippen LogP) is 1.59. The topological polar surface area (TPSA) is 64.4 Å². The molecule has 0 bridgehead atoms. The first-order chi connectivity index (χ1) is 9.00. The lowest BCUT2D eigenvalue weighted by Crippen LogP contribution is -2.80. The number of rotatable bonds is 3. The molecule has 2 aliphatic rings. The first kappa shape index (κ1) is 15.6. The molecule has 116 valence electrons. The number of hydrogen-bond acceptors (Lipinski definition) is 3. The highest BCUT2D eigenvalue weighted by atomic mass is 19.4. The summed E-state index contributed by atoms with van der Waals surface area (Å²) >= 11 is 0. The Labute approximate surface area is 116 Å². The average Bonchev–Trinajstić information content (AvgIpc) is 2.72. The number of ether oxygens (including phenoxy) is 1. The van der Waals surface area contributed by atoms with E-state index in [-0.39, 0.29) is 12.0 Å². The molecule has 2 rings (SSSR count). The Bertz CT molecular complexity index is 411. The van der Waals surface area contributed by atoms with Gasteiger partial charge in [0.2, 0.25) is 5.91 Å². The highest BCUT2D eigenvalue weighted by Crippen LogP contribution is 2.58. The van der Waals surface area contributed by atoms with Crippen LogP contribution >= 0.6 is 0 Å². The maximum Gasteiger partial charge on any atom is 0.391 e. The van der Waals surface area contributed by atoms with Gasteiger partial charge in [0.15, 0.2) is 0 Å². The Kier molecular flexibility index (Phi) is 3.57. The summed E-state index contributed by atoms with van der Waals surface area (Å²) in [6.07, 6.45) is -4.77. The lowest BCUT2D eigenvalue weighted by atomic mass is 9.48. The van der Waals surface area contributed by atoms with Gasteiger partial charge in [0.05, 0.1) is 12.5 Å². The SMILES string of the molecule is CC(CC(F)(F)F)NC(=O)C1(N)C2CCOC2C1(C)C. The van der Waals surface area contributed by atoms with Crippen molar-refractivity contribution in [1.29, 1.82) is 0 Å². The van der Waals surface area contributed by atoms with Gasteiger partial charge < -0.3 is 15.8 Å². The van der Waals surface area contributed by atoms with Crippen molar-refractivity contribution >= 4 is 5.91 Å². The summed E-state index contributed by atoms with van der Waals surface area (Å²) < 4.78 is 42.5. The van der Waals surface area contributed by atoms with Gasteiger partial charge in [0.25, 0.3) is 0 Å². The molecule has 0 aromatic rings. The summed E-state index contributed by atoms with van der Waals surface area (Å²) in [6, 6.07) is -0.986. The minimum Gasteiger partial charge on any atom is -0.377 e. The number of amides is 1. The van der Waals surface area contributed by atoms with Crippen LogP contribution in [0.1, 0.15) is 33.6 Å². The second-order valence-corrected chi connectivity index (χ2v) is 6.47. The van der Waals surface area contributed by atoms with Gasteiger partial charge in [0, 0.05) is 24.0 Å². The van der Waals surface area contributed by atoms with E-state index in [1.807, 2.05) is 13.8 Å². The molecular weight excluding hydrogens is 273 g/mol. The highest BCUT2D eigenvalue weighted by Gasteiger charge is 2.71. The maximum absolute atomic E-state index is 12.3. The molecule has 1 aliphatic carbocycles. The Morgan fingerprint density at radius 2 is 2.10 bits per heavy atom. The maximum atomic E-state index is 12.3. The van der Waals surface area contributed by atoms with Gasteiger partial charge in [0.1, 0.15) is 5.54 Å². The average molecular weight is 294 g/mol. The van der Waals surface area contributed by atoms with E-state index < -0.39 is 35.5 Å². The van der Waals surface area contributed by atoms with Crippen LogP contribution in [-0.4, -0.2) is 36.4 Å². The zero-order valence-corrected chi connectivity index (χ0v) is 11.9. The van der Waals surface area contributed by atoms with E-state index in [0.717, 1.165) is 0 Å². The van der Waals surface area contributed by atoms with Crippen LogP contribution in [0, 0.1) is 11.3 Å². The molecule has 1 saturated heterocycles. The van der Waals surface area contributed by atoms with Crippen LogP contribution < -0.4 is 11.1 Å². The second-order valence-electron chi connectivity index (χ2n) is 6.47. The fraction of sp³-hybridized carbons (Fsp3) is 0.923. The van der Waals surface area contributed by atoms with Crippen molar-refractivity contribution in [2.45, 2.75) is 57.5 Å². The summed E-state index contributed by atoms with van der Waals surface area (Å²) in [5, 5.41) is 2.41. The van der Waals surface area contributed by atoms with Gasteiger partial charge in [-0.1, -0.05) is 13.8 Å². The van der Waals surface area contributed by atoms with Crippen LogP contribution in [0.5, 0.6) is 0 Å². The molecule has 1 saturated carbocycles. The van der Waals surface area contributed by atoms with Crippen LogP contribution in [-0.2, 0) is 9.53 Å². The van der Waals surface area contributed by atoms with Crippen molar-refractivity contribution in [2.75, 3.05) is 6.61 Å². The van der Waals surface area contributed by atoms with Crippen LogP contribution in [0.4, 0.5) is 13.2 Å². The summed E-state index contributed by atoms with van der Waals surface area (Å²) in [7, 11) is 0. The molecule has 2 fully saturated rings. The summed E-state index contributed by atoms with van der Waals surface area (Å²) in [5.41, 5.74) is 4.52. The monoisotopic (exact) mass is 294 g/mol. The van der Waals surface area contributed by atoms with Crippen LogP contribution in [0.2, 0.25) is 0 Å². The minimum atomic E-state index is -4.30. The number of hydrogen-bond donors (Lipinski definition) is 2. The van der Waals surface area contributed by atoms with E-state index in [0.29, 0.717) is 13.0 Å². The Morgan fingerprint density at radius 3 is 2.65 bits per heavy atom. The van der Waals surface area contributed by atoms with Crippen LogP contribution in [0.25, 0.3) is 0 Å². The third-order valence-electron chi connectivity index (χ3n) is 4.74. The quantitative estimate of drug-likeness (QED) is 0.830. The molecule has 1 amide bonds. The van der Waals surface area contributed by atoms with Crippen molar-refractivity contribution in [3.05, 3.63) is 0 Å². The van der Waals surface area contributed by atoms with Gasteiger partial charge in [-0.2, -0.15) is 13.2 Å². The minimum absolute atomic E-state index is 0.0869. The van der Waals surface area contributed by atoms with Crippen LogP contribution in [0.3, 0.4) is 0 Å². The molecule has 0 aromatic carbocycles. The number of alkyl halides is 3. The van der Waals surface area contributed by atoms with Gasteiger partial charge in [-0.25, -0.2) is 0 Å². The Hall–Kier alpha value is -0.820. The number of carbonyl (C=O) groups excluding carboxylic acids is 1. The first-order valence-corrected chi connectivity index (χ1v) is 6.78. The standard InChI is InChI=1S/C13H21F3N2O2/c1-7(6-12(14,15)16)18-10(19)13(17)8-4-5-20-9(8)11(13,2)3/h7-9H,4-6,17H2,1-3H3,(H,18,19). The molecule has 4 nitrogen and oxygen atoms in total. The number of nitrogens with two attached hydrogens (primary N) is 1. The highest BCUT2D eigenvalue weighted by molar-refractivity contribution is 5.89. The zero-order valence-electron chi connectivity index (χ0n) is 11.9. The Morgan fingerprint density at radius 1 is 1.50 bits per heavy atom. The van der Waals surface area contributed by atoms with E-state index in [2.05, 4.69) is 5.32 Å². The fourth-order valence-corrected chi connectivity index (χ4v) is 3.59. The molecule has 0 radical (unpaired) electrons. The third kappa shape index (κ3) is 2.20. The van der Waals surface area contributed by atoms with Gasteiger partial charge in [-0.15, -0.1) is 0 Å². The van der Waals surface area contributed by atoms with E-state index >= 15 is 0 Å². The zero-order chi connectivity index (χ0) is 15.3. The normalized spacial score (nSPS) is 37.0. The largest absolute Gasteiger partial charge is 0.391 e. The number of fused-ring (bicyclic) bond motifs is 1. The van der Waals surface area contributed by atoms with E-state index in [4.69, 9.17) is 10.5 Å². The van der Waals surface area contributed by atoms with Crippen LogP contribution in [0.15, 0.2) is 0 Å². The molecule has 0 aromatic heterocycles. The molecule has 0 spiro atoms. The fourth-order valence-electron chi connectivity index (χ4n) is 3.59. The molecule has 3 N–H and O–H groups in total. The lowest BCUT2D eigenvalue weighted by Gasteiger charge is -2.60. The van der Waals surface area contributed by atoms with E-state index in [1.54, 1.807) is 0 Å². The molecule has 7 heteroatoms. The van der Waals surface area contributed by atoms with E-state index in [9.17, 15) is 18.0 Å². The van der Waals surface area contributed by atoms with Gasteiger partial charge in [-0.3, -0.25) is 4.79 Å². The predicted molar refractivity (Wildman–Crippen MR) is 66.8 cm³/mol. The number of nitrogens with one attached hydrogen (secondary N) is 1. The molecule has 1 heterocycles. The van der Waals surface area contributed by atoms with Crippen molar-refractivity contribution < 1.29 is 22.7 Å². The molecular formula is C13H21F3N2O2. The van der Waals surface area contributed by atoms with Crippen molar-refractivity contribution in [2.24, 2.45) is 17.1 Å². The molecule has 1 aliphatic heterocycles. The van der Waals surface area contributed by atoms with Gasteiger partial charge >= 0.3 is 6.18 Å².